The average molecular weight is 409 g/mol. The van der Waals surface area contributed by atoms with Crippen molar-refractivity contribution in [2.75, 3.05) is 10.2 Å². The first kappa shape index (κ1) is 19.8. The van der Waals surface area contributed by atoms with Gasteiger partial charge in [-0.05, 0) is 38.5 Å². The molecule has 4 rings (SSSR count). The molecule has 1 aliphatic heterocycles. The summed E-state index contributed by atoms with van der Waals surface area (Å²) in [5.41, 5.74) is -0.218. The second-order valence-electron chi connectivity index (χ2n) is 7.91. The van der Waals surface area contributed by atoms with E-state index in [4.69, 9.17) is 10.8 Å². The van der Waals surface area contributed by atoms with Crippen LogP contribution >= 0.6 is 0 Å². The molecule has 3 aromatic rings. The summed E-state index contributed by atoms with van der Waals surface area (Å²) in [4.78, 5) is 13.0. The Balaban J connectivity index is 2.04. The molecule has 154 valence electrons. The summed E-state index contributed by atoms with van der Waals surface area (Å²) >= 11 is 0. The second-order valence-corrected chi connectivity index (χ2v) is 7.91. The van der Waals surface area contributed by atoms with Gasteiger partial charge >= 0.3 is 0 Å². The van der Waals surface area contributed by atoms with E-state index in [0.29, 0.717) is 16.5 Å². The van der Waals surface area contributed by atoms with Crippen LogP contribution < -0.4 is 10.2 Å². The molecule has 0 unspecified atom stereocenters. The number of nitrogens with zero attached hydrogens (tertiary/aromatic N) is 2. The van der Waals surface area contributed by atoms with E-state index in [9.17, 15) is 4.79 Å². The Morgan fingerprint density at radius 2 is 1.87 bits per heavy atom. The van der Waals surface area contributed by atoms with Crippen LogP contribution in [0, 0.1) is 22.5 Å². The van der Waals surface area contributed by atoms with E-state index < -0.39 is 17.2 Å². The van der Waals surface area contributed by atoms with Crippen molar-refractivity contribution in [3.63, 3.8) is 0 Å². The maximum Gasteiger partial charge on any atom is 0.227 e. The summed E-state index contributed by atoms with van der Waals surface area (Å²) in [6.07, 6.45) is 1.57. The van der Waals surface area contributed by atoms with Crippen LogP contribution in [-0.2, 0) is 0 Å². The number of hydrogen-bond acceptors (Lipinski definition) is 4. The number of anilines is 2. The molecule has 0 bridgehead atoms. The topological polar surface area (TPSA) is 85.0 Å². The summed E-state index contributed by atoms with van der Waals surface area (Å²) in [6, 6.07) is 7.78. The molecule has 0 aliphatic carbocycles. The van der Waals surface area contributed by atoms with Crippen LogP contribution in [0.25, 0.3) is 22.0 Å². The Hall–Kier alpha value is -3.55. The summed E-state index contributed by atoms with van der Waals surface area (Å²) in [7, 11) is 0. The minimum Gasteiger partial charge on any atom is -0.371 e. The molecule has 0 saturated carbocycles. The molecule has 0 fully saturated rings. The summed E-state index contributed by atoms with van der Waals surface area (Å²) in [5.74, 6) is -1.91. The molecule has 0 saturated heterocycles. The fourth-order valence-electron chi connectivity index (χ4n) is 3.95. The third kappa shape index (κ3) is 2.71. The predicted molar refractivity (Wildman–Crippen MR) is 115 cm³/mol. The molecule has 1 aliphatic rings. The monoisotopic (exact) mass is 409 g/mol. The molecule has 6 nitrogen and oxygen atoms in total. The fourth-order valence-corrected chi connectivity index (χ4v) is 3.95. The number of amidine groups is 2. The molecule has 2 aromatic carbocycles. The van der Waals surface area contributed by atoms with Crippen LogP contribution in [-0.4, -0.2) is 27.7 Å². The van der Waals surface area contributed by atoms with E-state index in [2.05, 4.69) is 5.32 Å². The fraction of sp³-hybridized carbons (Fsp3) is 0.227. The van der Waals surface area contributed by atoms with Gasteiger partial charge in [-0.1, -0.05) is 12.1 Å². The zero-order chi connectivity index (χ0) is 22.0. The number of aromatic nitrogens is 1. The predicted octanol–water partition coefficient (Wildman–Crippen LogP) is 5.23. The lowest BCUT2D eigenvalue weighted by atomic mass is 9.93. The number of nitrogens with one attached hydrogen (secondary N) is 3. The Morgan fingerprint density at radius 3 is 2.50 bits per heavy atom. The zero-order valence-corrected chi connectivity index (χ0v) is 17.0. The third-order valence-corrected chi connectivity index (χ3v) is 5.36. The Morgan fingerprint density at radius 1 is 1.17 bits per heavy atom. The van der Waals surface area contributed by atoms with Gasteiger partial charge in [-0.15, -0.1) is 0 Å². The molecule has 0 atom stereocenters. The van der Waals surface area contributed by atoms with Crippen molar-refractivity contribution < 1.29 is 13.6 Å². The number of rotatable bonds is 1. The van der Waals surface area contributed by atoms with Crippen molar-refractivity contribution in [1.82, 2.24) is 4.57 Å². The highest BCUT2D eigenvalue weighted by molar-refractivity contribution is 6.24. The number of benzene rings is 2. The lowest BCUT2D eigenvalue weighted by Gasteiger charge is -2.42. The van der Waals surface area contributed by atoms with Crippen molar-refractivity contribution in [2.24, 2.45) is 0 Å². The van der Waals surface area contributed by atoms with Crippen LogP contribution in [0.15, 0.2) is 36.5 Å². The van der Waals surface area contributed by atoms with E-state index in [-0.39, 0.29) is 34.5 Å². The summed E-state index contributed by atoms with van der Waals surface area (Å²) < 4.78 is 32.5. The van der Waals surface area contributed by atoms with Crippen molar-refractivity contribution in [3.8, 4) is 11.1 Å². The summed E-state index contributed by atoms with van der Waals surface area (Å²) in [5, 5.41) is 20.1. The van der Waals surface area contributed by atoms with Crippen LogP contribution in [0.1, 0.15) is 32.5 Å². The zero-order valence-electron chi connectivity index (χ0n) is 17.0. The van der Waals surface area contributed by atoms with Crippen molar-refractivity contribution in [2.45, 2.75) is 33.2 Å². The smallest absolute Gasteiger partial charge is 0.227 e. The minimum atomic E-state index is -0.908. The third-order valence-electron chi connectivity index (χ3n) is 5.36. The largest absolute Gasteiger partial charge is 0.371 e. The number of halogens is 2. The van der Waals surface area contributed by atoms with Gasteiger partial charge in [-0.25, -0.2) is 8.78 Å². The van der Waals surface area contributed by atoms with Crippen LogP contribution in [0.3, 0.4) is 0 Å². The van der Waals surface area contributed by atoms with Crippen molar-refractivity contribution >= 4 is 39.9 Å². The molecule has 8 heteroatoms. The first-order valence-corrected chi connectivity index (χ1v) is 9.40. The molecule has 2 heterocycles. The van der Waals surface area contributed by atoms with Gasteiger partial charge in [0, 0.05) is 24.6 Å². The number of hydrogen-bond donors (Lipinski definition) is 3. The average Bonchev–Trinajstić information content (AvgIpc) is 3.08. The molecule has 0 amide bonds. The highest BCUT2D eigenvalue weighted by atomic mass is 19.1. The highest BCUT2D eigenvalue weighted by Gasteiger charge is 2.40. The SMILES string of the molecule is CC(=N)N1C(=N)C(C)(C)Nc2cc(F)c(-c3cccc4c3ccn4C(C)=O)c(F)c21. The first-order valence-electron chi connectivity index (χ1n) is 9.40. The molecule has 30 heavy (non-hydrogen) atoms. The molecule has 1 aromatic heterocycles. The van der Waals surface area contributed by atoms with E-state index in [0.717, 1.165) is 0 Å². The van der Waals surface area contributed by atoms with Gasteiger partial charge in [-0.3, -0.25) is 25.1 Å². The van der Waals surface area contributed by atoms with Crippen LogP contribution in [0.2, 0.25) is 0 Å². The normalized spacial score (nSPS) is 15.1. The van der Waals surface area contributed by atoms with Crippen molar-refractivity contribution in [1.29, 1.82) is 10.8 Å². The number of fused-ring (bicyclic) bond motifs is 2. The highest BCUT2D eigenvalue weighted by Crippen LogP contribution is 2.44. The van der Waals surface area contributed by atoms with Gasteiger partial charge in [0.05, 0.1) is 22.3 Å². The molecular formula is C22H21F2N5O. The van der Waals surface area contributed by atoms with E-state index in [1.54, 1.807) is 44.3 Å². The Labute approximate surface area is 172 Å². The van der Waals surface area contributed by atoms with E-state index >= 15 is 8.78 Å². The van der Waals surface area contributed by atoms with Crippen molar-refractivity contribution in [3.05, 3.63) is 48.2 Å². The Kier molecular flexibility index (Phi) is 4.27. The minimum absolute atomic E-state index is 0.0140. The maximum absolute atomic E-state index is 15.8. The lowest BCUT2D eigenvalue weighted by molar-refractivity contribution is 0.0941. The van der Waals surface area contributed by atoms with Crippen LogP contribution in [0.5, 0.6) is 0 Å². The molecule has 0 radical (unpaired) electrons. The van der Waals surface area contributed by atoms with Gasteiger partial charge in [0.2, 0.25) is 5.91 Å². The van der Waals surface area contributed by atoms with Gasteiger partial charge in [-0.2, -0.15) is 0 Å². The van der Waals surface area contributed by atoms with E-state index in [1.807, 2.05) is 0 Å². The quantitative estimate of drug-likeness (QED) is 0.380. The van der Waals surface area contributed by atoms with Gasteiger partial charge in [0.1, 0.15) is 23.2 Å². The standard InChI is InChI=1S/C22H21F2N5O/c1-11(25)29-20-16(27-22(3,4)21(29)26)10-15(23)18(19(20)24)14-6-5-7-17-13(14)8-9-28(17)12(2)30/h5-10,25-27H,1-4H3. The van der Waals surface area contributed by atoms with Gasteiger partial charge in [0.25, 0.3) is 0 Å². The molecule has 3 N–H and O–H groups in total. The second kappa shape index (κ2) is 6.48. The van der Waals surface area contributed by atoms with Gasteiger partial charge < -0.3 is 5.32 Å². The summed E-state index contributed by atoms with van der Waals surface area (Å²) in [6.45, 7) is 6.29. The van der Waals surface area contributed by atoms with E-state index in [1.165, 1.54) is 29.4 Å². The number of carbonyl (C=O) groups excluding carboxylic acids is 1. The number of carbonyl (C=O) groups is 1. The Bertz CT molecular complexity index is 1260. The molecule has 0 spiro atoms. The maximum atomic E-state index is 15.8. The lowest BCUT2D eigenvalue weighted by Crippen LogP contribution is -2.55. The van der Waals surface area contributed by atoms with Gasteiger partial charge in [0.15, 0.2) is 5.82 Å². The van der Waals surface area contributed by atoms with Crippen LogP contribution in [0.4, 0.5) is 20.2 Å². The first-order chi connectivity index (χ1) is 14.0. The molecular weight excluding hydrogens is 388 g/mol.